The van der Waals surface area contributed by atoms with Crippen LogP contribution in [0.5, 0.6) is 5.75 Å². The van der Waals surface area contributed by atoms with Gasteiger partial charge in [0.2, 0.25) is 5.91 Å². The molecule has 0 aliphatic heterocycles. The van der Waals surface area contributed by atoms with Gasteiger partial charge in [-0.2, -0.15) is 0 Å². The van der Waals surface area contributed by atoms with E-state index >= 15 is 0 Å². The quantitative estimate of drug-likeness (QED) is 0.723. The molecule has 0 heterocycles. The van der Waals surface area contributed by atoms with Crippen LogP contribution in [0.2, 0.25) is 0 Å². The number of benzene rings is 2. The summed E-state index contributed by atoms with van der Waals surface area (Å²) in [5, 5.41) is 5.70. The van der Waals surface area contributed by atoms with Crippen molar-refractivity contribution < 1.29 is 14.3 Å². The molecular weight excluding hydrogens is 352 g/mol. The SMILES string of the molecule is COc1ccc(C(=O)NCC(=O)NC(c2ccc(C(C)C)cc2)C(C)C)cc1. The second-order valence-corrected chi connectivity index (χ2v) is 7.52. The van der Waals surface area contributed by atoms with Crippen LogP contribution in [0.1, 0.15) is 61.1 Å². The fraction of sp³-hybridized carbons (Fsp3) is 0.391. The summed E-state index contributed by atoms with van der Waals surface area (Å²) >= 11 is 0. The Kier molecular flexibility index (Phi) is 7.61. The second-order valence-electron chi connectivity index (χ2n) is 7.52. The summed E-state index contributed by atoms with van der Waals surface area (Å²) in [7, 11) is 1.57. The molecule has 28 heavy (non-hydrogen) atoms. The number of amides is 2. The van der Waals surface area contributed by atoms with E-state index in [1.54, 1.807) is 31.4 Å². The number of carbonyl (C=O) groups excluding carboxylic acids is 2. The Balaban J connectivity index is 1.95. The molecule has 0 radical (unpaired) electrons. The topological polar surface area (TPSA) is 67.4 Å². The van der Waals surface area contributed by atoms with Crippen LogP contribution in [0.3, 0.4) is 0 Å². The number of hydrogen-bond acceptors (Lipinski definition) is 3. The number of rotatable bonds is 8. The number of carbonyl (C=O) groups is 2. The van der Waals surface area contributed by atoms with Gasteiger partial charge in [-0.3, -0.25) is 9.59 Å². The molecule has 0 spiro atoms. The van der Waals surface area contributed by atoms with Gasteiger partial charge in [-0.15, -0.1) is 0 Å². The number of ether oxygens (including phenoxy) is 1. The van der Waals surface area contributed by atoms with E-state index in [0.717, 1.165) is 5.56 Å². The number of nitrogens with one attached hydrogen (secondary N) is 2. The molecule has 5 nitrogen and oxygen atoms in total. The fourth-order valence-corrected chi connectivity index (χ4v) is 2.95. The third-order valence-corrected chi connectivity index (χ3v) is 4.71. The van der Waals surface area contributed by atoms with Crippen molar-refractivity contribution in [1.82, 2.24) is 10.6 Å². The fourth-order valence-electron chi connectivity index (χ4n) is 2.95. The van der Waals surface area contributed by atoms with Crippen molar-refractivity contribution in [2.24, 2.45) is 5.92 Å². The lowest BCUT2D eigenvalue weighted by atomic mass is 9.93. The molecule has 0 aromatic heterocycles. The zero-order chi connectivity index (χ0) is 20.7. The molecule has 2 N–H and O–H groups in total. The molecule has 0 aliphatic rings. The Hall–Kier alpha value is -2.82. The molecular formula is C23H30N2O3. The van der Waals surface area contributed by atoms with Crippen molar-refractivity contribution in [3.63, 3.8) is 0 Å². The first-order valence-corrected chi connectivity index (χ1v) is 9.63. The van der Waals surface area contributed by atoms with Gasteiger partial charge >= 0.3 is 0 Å². The highest BCUT2D eigenvalue weighted by atomic mass is 16.5. The van der Waals surface area contributed by atoms with Gasteiger partial charge in [-0.1, -0.05) is 52.0 Å². The maximum atomic E-state index is 12.4. The summed E-state index contributed by atoms with van der Waals surface area (Å²) in [6.45, 7) is 8.37. The average Bonchev–Trinajstić information content (AvgIpc) is 2.70. The van der Waals surface area contributed by atoms with Crippen molar-refractivity contribution in [2.75, 3.05) is 13.7 Å². The van der Waals surface area contributed by atoms with Gasteiger partial charge in [0.25, 0.3) is 5.91 Å². The maximum absolute atomic E-state index is 12.4. The zero-order valence-corrected chi connectivity index (χ0v) is 17.3. The minimum Gasteiger partial charge on any atom is -0.497 e. The van der Waals surface area contributed by atoms with E-state index in [0.29, 0.717) is 17.2 Å². The normalized spacial score (nSPS) is 12.0. The molecule has 2 amide bonds. The lowest BCUT2D eigenvalue weighted by Crippen LogP contribution is -2.40. The van der Waals surface area contributed by atoms with Crippen LogP contribution in [0, 0.1) is 5.92 Å². The minimum absolute atomic E-state index is 0.0713. The van der Waals surface area contributed by atoms with Gasteiger partial charge in [-0.25, -0.2) is 0 Å². The third kappa shape index (κ3) is 5.84. The van der Waals surface area contributed by atoms with E-state index in [-0.39, 0.29) is 30.3 Å². The van der Waals surface area contributed by atoms with Crippen LogP contribution in [0.4, 0.5) is 0 Å². The predicted octanol–water partition coefficient (Wildman–Crippen LogP) is 4.06. The number of methoxy groups -OCH3 is 1. The molecule has 2 aromatic carbocycles. The summed E-state index contributed by atoms with van der Waals surface area (Å²) in [6.07, 6.45) is 0. The Morgan fingerprint density at radius 3 is 1.96 bits per heavy atom. The van der Waals surface area contributed by atoms with Crippen LogP contribution < -0.4 is 15.4 Å². The predicted molar refractivity (Wildman–Crippen MR) is 112 cm³/mol. The van der Waals surface area contributed by atoms with Crippen molar-refractivity contribution in [3.8, 4) is 5.75 Å². The van der Waals surface area contributed by atoms with E-state index in [4.69, 9.17) is 4.74 Å². The van der Waals surface area contributed by atoms with Crippen molar-refractivity contribution in [2.45, 2.75) is 39.7 Å². The standard InChI is InChI=1S/C23H30N2O3/c1-15(2)17-6-8-18(9-7-17)22(16(3)4)25-21(26)14-24-23(27)19-10-12-20(28-5)13-11-19/h6-13,15-16,22H,14H2,1-5H3,(H,24,27)(H,25,26). The Labute approximate surface area is 167 Å². The summed E-state index contributed by atoms with van der Waals surface area (Å²) in [5.74, 6) is 0.867. The maximum Gasteiger partial charge on any atom is 0.251 e. The molecule has 150 valence electrons. The lowest BCUT2D eigenvalue weighted by molar-refractivity contribution is -0.121. The van der Waals surface area contributed by atoms with Gasteiger partial charge in [-0.05, 0) is 47.2 Å². The molecule has 2 rings (SSSR count). The molecule has 1 unspecified atom stereocenters. The van der Waals surface area contributed by atoms with Gasteiger partial charge in [0, 0.05) is 5.56 Å². The molecule has 0 saturated heterocycles. The van der Waals surface area contributed by atoms with Gasteiger partial charge in [0.1, 0.15) is 5.75 Å². The smallest absolute Gasteiger partial charge is 0.251 e. The van der Waals surface area contributed by atoms with E-state index in [2.05, 4.69) is 62.6 Å². The molecule has 0 aliphatic carbocycles. The van der Waals surface area contributed by atoms with Crippen LogP contribution in [0.15, 0.2) is 48.5 Å². The van der Waals surface area contributed by atoms with Crippen molar-refractivity contribution in [1.29, 1.82) is 0 Å². The monoisotopic (exact) mass is 382 g/mol. The lowest BCUT2D eigenvalue weighted by Gasteiger charge is -2.23. The van der Waals surface area contributed by atoms with Crippen LogP contribution >= 0.6 is 0 Å². The summed E-state index contributed by atoms with van der Waals surface area (Å²) in [5.41, 5.74) is 2.82. The average molecular weight is 383 g/mol. The van der Waals surface area contributed by atoms with Gasteiger partial charge in [0.05, 0.1) is 19.7 Å². The largest absolute Gasteiger partial charge is 0.497 e. The highest BCUT2D eigenvalue weighted by Crippen LogP contribution is 2.24. The molecule has 0 saturated carbocycles. The zero-order valence-electron chi connectivity index (χ0n) is 17.3. The van der Waals surface area contributed by atoms with Gasteiger partial charge < -0.3 is 15.4 Å². The Morgan fingerprint density at radius 2 is 1.46 bits per heavy atom. The second kappa shape index (κ2) is 9.93. The first kappa shape index (κ1) is 21.5. The highest BCUT2D eigenvalue weighted by Gasteiger charge is 2.19. The van der Waals surface area contributed by atoms with Crippen molar-refractivity contribution in [3.05, 3.63) is 65.2 Å². The first-order chi connectivity index (χ1) is 13.3. The molecule has 0 bridgehead atoms. The van der Waals surface area contributed by atoms with Crippen LogP contribution in [0.25, 0.3) is 0 Å². The third-order valence-electron chi connectivity index (χ3n) is 4.71. The van der Waals surface area contributed by atoms with E-state index in [1.165, 1.54) is 5.56 Å². The molecule has 0 fully saturated rings. The summed E-state index contributed by atoms with van der Waals surface area (Å²) in [4.78, 5) is 24.6. The van der Waals surface area contributed by atoms with Crippen molar-refractivity contribution >= 4 is 11.8 Å². The minimum atomic E-state index is -0.291. The molecule has 2 aromatic rings. The van der Waals surface area contributed by atoms with Gasteiger partial charge in [0.15, 0.2) is 0 Å². The highest BCUT2D eigenvalue weighted by molar-refractivity contribution is 5.96. The number of hydrogen-bond donors (Lipinski definition) is 2. The van der Waals surface area contributed by atoms with Crippen LogP contribution in [-0.2, 0) is 4.79 Å². The first-order valence-electron chi connectivity index (χ1n) is 9.63. The summed E-state index contributed by atoms with van der Waals surface area (Å²) in [6, 6.07) is 15.0. The van der Waals surface area contributed by atoms with E-state index < -0.39 is 0 Å². The van der Waals surface area contributed by atoms with E-state index in [9.17, 15) is 9.59 Å². The van der Waals surface area contributed by atoms with E-state index in [1.807, 2.05) is 0 Å². The molecule has 1 atom stereocenters. The summed E-state index contributed by atoms with van der Waals surface area (Å²) < 4.78 is 5.08. The molecule has 5 heteroatoms. The Bertz CT molecular complexity index is 780. The van der Waals surface area contributed by atoms with Crippen LogP contribution in [-0.4, -0.2) is 25.5 Å². The Morgan fingerprint density at radius 1 is 0.893 bits per heavy atom.